The highest BCUT2D eigenvalue weighted by Crippen LogP contribution is 2.43. The Morgan fingerprint density at radius 1 is 0.447 bits per heavy atom. The number of thioether (sulfide) groups is 8. The number of hydrogen-bond donors (Lipinski definition) is 4. The van der Waals surface area contributed by atoms with Gasteiger partial charge in [0.25, 0.3) is 0 Å². The summed E-state index contributed by atoms with van der Waals surface area (Å²) in [5.74, 6) is 16.6. The van der Waals surface area contributed by atoms with Gasteiger partial charge in [0.2, 0.25) is 0 Å². The van der Waals surface area contributed by atoms with E-state index in [1.54, 1.807) is 0 Å². The summed E-state index contributed by atoms with van der Waals surface area (Å²) >= 11 is 38.4. The maximum atomic E-state index is 5.35. The van der Waals surface area contributed by atoms with Crippen molar-refractivity contribution in [3.05, 3.63) is 0 Å². The first-order valence-corrected chi connectivity index (χ1v) is 24.9. The summed E-state index contributed by atoms with van der Waals surface area (Å²) in [5, 5.41) is 5.18. The van der Waals surface area contributed by atoms with Crippen molar-refractivity contribution in [3.63, 3.8) is 0 Å². The van der Waals surface area contributed by atoms with Gasteiger partial charge in [-0.05, 0) is 60.5 Å². The fourth-order valence-electron chi connectivity index (χ4n) is 4.64. The van der Waals surface area contributed by atoms with E-state index in [9.17, 15) is 0 Å². The molecular weight excluding hydrogens is 697 g/mol. The maximum absolute atomic E-state index is 5.35. The van der Waals surface area contributed by atoms with E-state index in [2.05, 4.69) is 94.1 Å². The highest BCUT2D eigenvalue weighted by Gasteiger charge is 2.39. The Bertz CT molecular complexity index is 534. The van der Waals surface area contributed by atoms with Crippen LogP contribution in [0.5, 0.6) is 0 Å². The highest BCUT2D eigenvalue weighted by atomic mass is 32.2. The van der Waals surface area contributed by atoms with Crippen LogP contribution in [-0.2, 0) is 0 Å². The molecule has 0 N–H and O–H groups in total. The smallest absolute Gasteiger partial charge is 0.0229 e. The minimum absolute atomic E-state index is 0.376. The van der Waals surface area contributed by atoms with Crippen molar-refractivity contribution in [1.29, 1.82) is 0 Å². The van der Waals surface area contributed by atoms with Crippen molar-refractivity contribution in [3.8, 4) is 0 Å². The molecule has 0 aromatic rings. The van der Waals surface area contributed by atoms with Gasteiger partial charge >= 0.3 is 0 Å². The molecule has 4 saturated heterocycles. The molecule has 4 fully saturated rings. The van der Waals surface area contributed by atoms with Gasteiger partial charge in [-0.2, -0.15) is 145 Å². The Kier molecular flexibility index (Phi) is 18.1. The molecule has 222 valence electrons. The highest BCUT2D eigenvalue weighted by molar-refractivity contribution is 8.09. The van der Waals surface area contributed by atoms with Crippen molar-refractivity contribution in [2.24, 2.45) is 11.8 Å². The molecule has 4 heterocycles. The fraction of sp³-hybridized carbons (Fsp3) is 1.00. The minimum atomic E-state index is 0.376. The topological polar surface area (TPSA) is 0 Å². The van der Waals surface area contributed by atoms with Crippen LogP contribution in [0.25, 0.3) is 0 Å². The van der Waals surface area contributed by atoms with Crippen molar-refractivity contribution in [2.45, 2.75) is 67.7 Å². The van der Waals surface area contributed by atoms with Gasteiger partial charge < -0.3 is 0 Å². The van der Waals surface area contributed by atoms with E-state index in [-0.39, 0.29) is 0 Å². The van der Waals surface area contributed by atoms with Gasteiger partial charge in [0.15, 0.2) is 0 Å². The Morgan fingerprint density at radius 3 is 0.842 bits per heavy atom. The van der Waals surface area contributed by atoms with Crippen LogP contribution in [0, 0.1) is 11.8 Å². The van der Waals surface area contributed by atoms with E-state index >= 15 is 0 Å². The number of thiol groups is 4. The lowest BCUT2D eigenvalue weighted by molar-refractivity contribution is 0.289. The van der Waals surface area contributed by atoms with Gasteiger partial charge in [-0.1, -0.05) is 0 Å². The minimum Gasteiger partial charge on any atom is -0.176 e. The molecule has 0 aromatic heterocycles. The number of rotatable bonds is 25. The summed E-state index contributed by atoms with van der Waals surface area (Å²) in [5.41, 5.74) is 0. The van der Waals surface area contributed by atoms with E-state index < -0.39 is 0 Å². The second kappa shape index (κ2) is 19.7. The zero-order valence-electron chi connectivity index (χ0n) is 22.1. The molecule has 0 amide bonds. The zero-order valence-corrected chi connectivity index (χ0v) is 32.3. The first-order valence-electron chi connectivity index (χ1n) is 14.0. The number of hydrogen-bond acceptors (Lipinski definition) is 12. The molecule has 0 aliphatic carbocycles. The van der Waals surface area contributed by atoms with E-state index in [0.29, 0.717) is 32.8 Å². The summed E-state index contributed by atoms with van der Waals surface area (Å²) in [6, 6.07) is 0. The lowest BCUT2D eigenvalue weighted by Gasteiger charge is -2.41. The van der Waals surface area contributed by atoms with Gasteiger partial charge in [0.05, 0.1) is 0 Å². The quantitative estimate of drug-likeness (QED) is 0.0414. The van der Waals surface area contributed by atoms with E-state index in [1.165, 1.54) is 94.7 Å². The molecule has 0 bridgehead atoms. The third kappa shape index (κ3) is 15.0. The molecule has 0 saturated carbocycles. The molecule has 0 radical (unpaired) electrons. The molecule has 0 spiro atoms. The lowest BCUT2D eigenvalue weighted by Crippen LogP contribution is -2.43. The average Bonchev–Trinajstić information content (AvgIpc) is 3.70. The molecular formula is C26H46S12. The largest absolute Gasteiger partial charge is 0.176 e. The zero-order chi connectivity index (χ0) is 26.7. The van der Waals surface area contributed by atoms with Crippen molar-refractivity contribution in [2.75, 3.05) is 69.0 Å². The van der Waals surface area contributed by atoms with Crippen LogP contribution >= 0.6 is 145 Å². The van der Waals surface area contributed by atoms with Gasteiger partial charge in [-0.15, -0.1) is 0 Å². The van der Waals surface area contributed by atoms with Gasteiger partial charge in [0, 0.05) is 88.0 Å². The van der Waals surface area contributed by atoms with Crippen LogP contribution < -0.4 is 0 Å². The van der Waals surface area contributed by atoms with E-state index in [0.717, 1.165) is 21.0 Å². The molecule has 8 unspecified atom stereocenters. The second-order valence-corrected chi connectivity index (χ2v) is 23.3. The van der Waals surface area contributed by atoms with Crippen molar-refractivity contribution in [1.82, 2.24) is 0 Å². The molecule has 4 rings (SSSR count). The first-order chi connectivity index (χ1) is 18.5. The Morgan fingerprint density at radius 2 is 0.658 bits per heavy atom. The molecule has 8 atom stereocenters. The van der Waals surface area contributed by atoms with Crippen LogP contribution in [0.2, 0.25) is 0 Å². The van der Waals surface area contributed by atoms with Crippen LogP contribution in [-0.4, -0.2) is 111 Å². The molecule has 4 aliphatic rings. The average molecular weight is 743 g/mol. The normalized spacial score (nSPS) is 30.3. The summed E-state index contributed by atoms with van der Waals surface area (Å²) in [4.78, 5) is 0. The Hall–Kier alpha value is 4.20. The Labute approximate surface area is 289 Å². The van der Waals surface area contributed by atoms with Crippen molar-refractivity contribution >= 4 is 145 Å². The third-order valence-corrected chi connectivity index (χ3v) is 19.1. The molecule has 0 aromatic carbocycles. The maximum Gasteiger partial charge on any atom is 0.0229 e. The van der Waals surface area contributed by atoms with Crippen LogP contribution in [0.1, 0.15) is 25.7 Å². The van der Waals surface area contributed by atoms with Gasteiger partial charge in [-0.25, -0.2) is 0 Å². The van der Waals surface area contributed by atoms with Crippen LogP contribution in [0.15, 0.2) is 0 Å². The SMILES string of the molecule is SC(CCSCC1CS1)C(C(S)CCSCC1CS1)C(C(S)CCSCC1CS1)C(S)CCSCC1CS1. The monoisotopic (exact) mass is 742 g/mol. The summed E-state index contributed by atoms with van der Waals surface area (Å²) in [6.07, 6.45) is 4.71. The fourth-order valence-corrected chi connectivity index (χ4v) is 15.9. The second-order valence-electron chi connectivity index (χ2n) is 10.7. The summed E-state index contributed by atoms with van der Waals surface area (Å²) < 4.78 is 0. The molecule has 4 aliphatic heterocycles. The van der Waals surface area contributed by atoms with Crippen LogP contribution in [0.4, 0.5) is 0 Å². The molecule has 12 heteroatoms. The van der Waals surface area contributed by atoms with E-state index in [1.807, 2.05) is 0 Å². The first kappa shape index (κ1) is 35.1. The van der Waals surface area contributed by atoms with Crippen molar-refractivity contribution < 1.29 is 0 Å². The lowest BCUT2D eigenvalue weighted by atomic mass is 9.78. The summed E-state index contributed by atoms with van der Waals surface area (Å²) in [6.45, 7) is 0. The predicted molar refractivity (Wildman–Crippen MR) is 211 cm³/mol. The standard InChI is InChI=1S/C26H46S12/c27-21(1-5-31-9-17-13-35-17)25(22(28)2-6-32-10-18-14-36-18)26(23(29)3-7-33-11-19-15-37-19)24(30)4-8-34-12-20-16-38-20/h17-30H,1-16H2. The predicted octanol–water partition coefficient (Wildman–Crippen LogP) is 8.37. The van der Waals surface area contributed by atoms with Gasteiger partial charge in [0.1, 0.15) is 0 Å². The molecule has 38 heavy (non-hydrogen) atoms. The third-order valence-electron chi connectivity index (χ3n) is 7.28. The van der Waals surface area contributed by atoms with Crippen LogP contribution in [0.3, 0.4) is 0 Å². The Balaban J connectivity index is 1.34. The summed E-state index contributed by atoms with van der Waals surface area (Å²) in [7, 11) is 0. The molecule has 0 nitrogen and oxygen atoms in total. The van der Waals surface area contributed by atoms with E-state index in [4.69, 9.17) is 50.5 Å². The van der Waals surface area contributed by atoms with Gasteiger partial charge in [-0.3, -0.25) is 0 Å².